The van der Waals surface area contributed by atoms with E-state index in [1.165, 1.54) is 0 Å². The van der Waals surface area contributed by atoms with Crippen molar-refractivity contribution in [1.29, 1.82) is 0 Å². The molecule has 2 rings (SSSR count). The summed E-state index contributed by atoms with van der Waals surface area (Å²) < 4.78 is 1.66. The highest BCUT2D eigenvalue weighted by Gasteiger charge is 2.05. The van der Waals surface area contributed by atoms with Crippen LogP contribution in [0.1, 0.15) is 25.5 Å². The quantitative estimate of drug-likeness (QED) is 0.907. The maximum Gasteiger partial charge on any atom is 0.153 e. The van der Waals surface area contributed by atoms with Gasteiger partial charge in [-0.2, -0.15) is 5.10 Å². The van der Waals surface area contributed by atoms with E-state index in [9.17, 15) is 0 Å². The van der Waals surface area contributed by atoms with E-state index in [4.69, 9.17) is 11.6 Å². The molecule has 2 aromatic heterocycles. The minimum absolute atomic E-state index is 0.308. The van der Waals surface area contributed by atoms with Crippen LogP contribution in [0.15, 0.2) is 30.7 Å². The van der Waals surface area contributed by atoms with E-state index in [0.717, 1.165) is 17.9 Å². The highest BCUT2D eigenvalue weighted by molar-refractivity contribution is 6.30. The van der Waals surface area contributed by atoms with Crippen molar-refractivity contribution < 1.29 is 0 Å². The van der Waals surface area contributed by atoms with Crippen LogP contribution in [0.5, 0.6) is 0 Å². The molecule has 17 heavy (non-hydrogen) atoms. The van der Waals surface area contributed by atoms with Crippen LogP contribution in [0.4, 0.5) is 0 Å². The van der Waals surface area contributed by atoms with Crippen molar-refractivity contribution in [2.24, 2.45) is 0 Å². The second kappa shape index (κ2) is 5.29. The number of pyridine rings is 1. The van der Waals surface area contributed by atoms with Crippen molar-refractivity contribution in [3.8, 4) is 5.82 Å². The van der Waals surface area contributed by atoms with Crippen LogP contribution in [0.3, 0.4) is 0 Å². The predicted molar refractivity (Wildman–Crippen MR) is 68.5 cm³/mol. The zero-order valence-corrected chi connectivity index (χ0v) is 10.6. The molecule has 5 heteroatoms. The van der Waals surface area contributed by atoms with E-state index in [1.807, 2.05) is 18.3 Å². The third kappa shape index (κ3) is 2.84. The summed E-state index contributed by atoms with van der Waals surface area (Å²) in [6, 6.07) is 4.29. The number of halogens is 1. The highest BCUT2D eigenvalue weighted by atomic mass is 35.5. The Balaban J connectivity index is 2.18. The van der Waals surface area contributed by atoms with Crippen LogP contribution in [-0.2, 0) is 0 Å². The normalized spacial score (nSPS) is 12.6. The summed E-state index contributed by atoms with van der Waals surface area (Å²) in [7, 11) is 0. The summed E-state index contributed by atoms with van der Waals surface area (Å²) in [6.45, 7) is 5.15. The highest BCUT2D eigenvalue weighted by Crippen LogP contribution is 2.14. The Morgan fingerprint density at radius 2 is 2.24 bits per heavy atom. The second-order valence-corrected chi connectivity index (χ2v) is 4.27. The van der Waals surface area contributed by atoms with E-state index in [-0.39, 0.29) is 0 Å². The minimum atomic E-state index is 0.308. The molecular formula is C12H15ClN4. The molecule has 2 heterocycles. The minimum Gasteiger partial charge on any atom is -0.310 e. The molecule has 2 aromatic rings. The topological polar surface area (TPSA) is 42.7 Å². The SMILES string of the molecule is CCNC(C)c1ccc(-n2cc(Cl)cn2)nc1. The molecule has 4 nitrogen and oxygen atoms in total. The standard InChI is InChI=1S/C12H15ClN4/c1-3-14-9(2)10-4-5-12(15-6-10)17-8-11(13)7-16-17/h4-9,14H,3H2,1-2H3. The Bertz CT molecular complexity index is 478. The fourth-order valence-corrected chi connectivity index (χ4v) is 1.78. The Hall–Kier alpha value is -1.39. The maximum absolute atomic E-state index is 5.81. The van der Waals surface area contributed by atoms with E-state index < -0.39 is 0 Å². The van der Waals surface area contributed by atoms with E-state index >= 15 is 0 Å². The van der Waals surface area contributed by atoms with Crippen molar-refractivity contribution in [2.75, 3.05) is 6.54 Å². The zero-order valence-electron chi connectivity index (χ0n) is 9.89. The lowest BCUT2D eigenvalue weighted by Crippen LogP contribution is -2.17. The van der Waals surface area contributed by atoms with Crippen LogP contribution in [0.2, 0.25) is 5.02 Å². The summed E-state index contributed by atoms with van der Waals surface area (Å²) in [5, 5.41) is 8.05. The number of hydrogen-bond donors (Lipinski definition) is 1. The van der Waals surface area contributed by atoms with Crippen molar-refractivity contribution >= 4 is 11.6 Å². The van der Waals surface area contributed by atoms with Crippen molar-refractivity contribution in [3.63, 3.8) is 0 Å². The van der Waals surface area contributed by atoms with Gasteiger partial charge in [0, 0.05) is 12.2 Å². The summed E-state index contributed by atoms with van der Waals surface area (Å²) in [5.74, 6) is 0.768. The fourth-order valence-electron chi connectivity index (χ4n) is 1.64. The van der Waals surface area contributed by atoms with Gasteiger partial charge in [-0.3, -0.25) is 0 Å². The second-order valence-electron chi connectivity index (χ2n) is 3.83. The molecule has 0 bridgehead atoms. The van der Waals surface area contributed by atoms with Gasteiger partial charge < -0.3 is 5.32 Å². The Morgan fingerprint density at radius 3 is 2.76 bits per heavy atom. The molecule has 0 aliphatic carbocycles. The van der Waals surface area contributed by atoms with Crippen molar-refractivity contribution in [1.82, 2.24) is 20.1 Å². The van der Waals surface area contributed by atoms with Crippen LogP contribution in [0.25, 0.3) is 5.82 Å². The van der Waals surface area contributed by atoms with Gasteiger partial charge >= 0.3 is 0 Å². The molecule has 1 N–H and O–H groups in total. The average molecular weight is 251 g/mol. The first-order valence-corrected chi connectivity index (χ1v) is 5.98. The molecule has 0 aliphatic heterocycles. The van der Waals surface area contributed by atoms with Gasteiger partial charge in [0.2, 0.25) is 0 Å². The summed E-state index contributed by atoms with van der Waals surface area (Å²) >= 11 is 5.81. The van der Waals surface area contributed by atoms with Crippen LogP contribution >= 0.6 is 11.6 Å². The van der Waals surface area contributed by atoms with Gasteiger partial charge in [-0.05, 0) is 25.1 Å². The molecule has 0 spiro atoms. The first-order chi connectivity index (χ1) is 8.20. The smallest absolute Gasteiger partial charge is 0.153 e. The molecule has 90 valence electrons. The largest absolute Gasteiger partial charge is 0.310 e. The zero-order chi connectivity index (χ0) is 12.3. The molecule has 0 saturated heterocycles. The van der Waals surface area contributed by atoms with Crippen LogP contribution in [-0.4, -0.2) is 21.3 Å². The lowest BCUT2D eigenvalue weighted by atomic mass is 10.1. The number of hydrogen-bond acceptors (Lipinski definition) is 3. The first kappa shape index (κ1) is 12.1. The fraction of sp³-hybridized carbons (Fsp3) is 0.333. The third-order valence-corrected chi connectivity index (χ3v) is 2.76. The molecule has 0 radical (unpaired) electrons. The molecule has 0 aliphatic rings. The Labute approximate surface area is 106 Å². The summed E-state index contributed by atoms with van der Waals surface area (Å²) in [6.07, 6.45) is 5.19. The molecule has 0 aromatic carbocycles. The van der Waals surface area contributed by atoms with E-state index in [2.05, 4.69) is 29.2 Å². The van der Waals surface area contributed by atoms with E-state index in [0.29, 0.717) is 11.1 Å². The number of nitrogens with zero attached hydrogens (tertiary/aromatic N) is 3. The van der Waals surface area contributed by atoms with Crippen molar-refractivity contribution in [2.45, 2.75) is 19.9 Å². The number of aromatic nitrogens is 3. The number of nitrogens with one attached hydrogen (secondary N) is 1. The van der Waals surface area contributed by atoms with E-state index in [1.54, 1.807) is 17.1 Å². The number of rotatable bonds is 4. The predicted octanol–water partition coefficient (Wildman–Crippen LogP) is 2.59. The lowest BCUT2D eigenvalue weighted by molar-refractivity contribution is 0.595. The van der Waals surface area contributed by atoms with Gasteiger partial charge in [-0.25, -0.2) is 9.67 Å². The summed E-state index contributed by atoms with van der Waals surface area (Å²) in [5.41, 5.74) is 1.16. The van der Waals surface area contributed by atoms with Gasteiger partial charge in [0.15, 0.2) is 5.82 Å². The molecule has 0 amide bonds. The van der Waals surface area contributed by atoms with Gasteiger partial charge in [-0.1, -0.05) is 24.6 Å². The molecule has 0 saturated carbocycles. The molecule has 0 fully saturated rings. The Morgan fingerprint density at radius 1 is 1.41 bits per heavy atom. The monoisotopic (exact) mass is 250 g/mol. The Kier molecular flexibility index (Phi) is 3.76. The lowest BCUT2D eigenvalue weighted by Gasteiger charge is -2.12. The van der Waals surface area contributed by atoms with Crippen LogP contribution < -0.4 is 5.32 Å². The molecular weight excluding hydrogens is 236 g/mol. The van der Waals surface area contributed by atoms with Crippen LogP contribution in [0, 0.1) is 0 Å². The summed E-state index contributed by atoms with van der Waals surface area (Å²) in [4.78, 5) is 4.37. The van der Waals surface area contributed by atoms with Gasteiger partial charge in [0.1, 0.15) is 0 Å². The maximum atomic E-state index is 5.81. The first-order valence-electron chi connectivity index (χ1n) is 5.60. The molecule has 1 atom stereocenters. The van der Waals surface area contributed by atoms with Crippen molar-refractivity contribution in [3.05, 3.63) is 41.3 Å². The van der Waals surface area contributed by atoms with Gasteiger partial charge in [0.05, 0.1) is 17.4 Å². The average Bonchev–Trinajstić information content (AvgIpc) is 2.76. The van der Waals surface area contributed by atoms with Gasteiger partial charge in [-0.15, -0.1) is 0 Å². The molecule has 1 unspecified atom stereocenters. The third-order valence-electron chi connectivity index (χ3n) is 2.57. The van der Waals surface area contributed by atoms with Gasteiger partial charge in [0.25, 0.3) is 0 Å².